The van der Waals surface area contributed by atoms with Crippen molar-refractivity contribution in [3.63, 3.8) is 0 Å². The minimum Gasteiger partial charge on any atom is -0.462 e. The number of hydrogen-bond donors (Lipinski definition) is 3. The molecule has 0 amide bonds. The molecule has 0 aromatic heterocycles. The van der Waals surface area contributed by atoms with E-state index in [1.165, 1.54) is 199 Å². The SMILES string of the molecule is CCC(C)CCCCCCCCCCCCCCCCCCCCC(=O)O[C@H](COC(=O)CCCCCCCCCCC(C)CC)COP(=O)(O)OCC(O)COP(=O)(O)OC[C@@H](COC(=O)CCCCCCCCCCC(C)C)OC(=O)CCCCCCCCCCCC(C)C. The van der Waals surface area contributed by atoms with E-state index in [-0.39, 0.29) is 25.7 Å². The second kappa shape index (κ2) is 67.2. The van der Waals surface area contributed by atoms with Crippen LogP contribution in [0.1, 0.15) is 396 Å². The van der Waals surface area contributed by atoms with E-state index in [4.69, 9.17) is 37.0 Å². The van der Waals surface area contributed by atoms with E-state index < -0.39 is 97.5 Å². The number of phosphoric acid groups is 2. The fraction of sp³-hybridized carbons (Fsp3) is 0.949. The molecular weight excluding hydrogens is 1270 g/mol. The number of aliphatic hydroxyl groups is 1. The number of esters is 4. The molecule has 0 aliphatic carbocycles. The van der Waals surface area contributed by atoms with E-state index in [2.05, 4.69) is 55.4 Å². The van der Waals surface area contributed by atoms with Crippen molar-refractivity contribution in [2.45, 2.75) is 414 Å². The van der Waals surface area contributed by atoms with Gasteiger partial charge in [0.15, 0.2) is 12.2 Å². The molecule has 0 aliphatic rings. The van der Waals surface area contributed by atoms with Crippen molar-refractivity contribution in [1.29, 1.82) is 0 Å². The highest BCUT2D eigenvalue weighted by atomic mass is 31.2. The zero-order valence-electron chi connectivity index (χ0n) is 63.7. The van der Waals surface area contributed by atoms with Crippen LogP contribution in [0, 0.1) is 23.7 Å². The summed E-state index contributed by atoms with van der Waals surface area (Å²) in [6, 6.07) is 0. The summed E-state index contributed by atoms with van der Waals surface area (Å²) in [6.07, 6.45) is 52.8. The van der Waals surface area contributed by atoms with Gasteiger partial charge in [-0.2, -0.15) is 0 Å². The first-order chi connectivity index (χ1) is 46.7. The maximum Gasteiger partial charge on any atom is 0.472 e. The lowest BCUT2D eigenvalue weighted by Crippen LogP contribution is -2.30. The number of unbranched alkanes of at least 4 members (excludes halogenated alkanes) is 39. The molecule has 0 bridgehead atoms. The van der Waals surface area contributed by atoms with Gasteiger partial charge >= 0.3 is 39.5 Å². The summed E-state index contributed by atoms with van der Waals surface area (Å²) < 4.78 is 68.6. The van der Waals surface area contributed by atoms with E-state index >= 15 is 0 Å². The van der Waals surface area contributed by atoms with Gasteiger partial charge in [0.25, 0.3) is 0 Å². The van der Waals surface area contributed by atoms with Gasteiger partial charge < -0.3 is 33.8 Å². The zero-order chi connectivity index (χ0) is 71.7. The summed E-state index contributed by atoms with van der Waals surface area (Å²) >= 11 is 0. The zero-order valence-corrected chi connectivity index (χ0v) is 65.5. The lowest BCUT2D eigenvalue weighted by molar-refractivity contribution is -0.161. The van der Waals surface area contributed by atoms with Crippen molar-refractivity contribution in [2.24, 2.45) is 23.7 Å². The number of carbonyl (C=O) groups is 4. The van der Waals surface area contributed by atoms with Crippen molar-refractivity contribution < 1.29 is 80.2 Å². The molecule has 0 saturated heterocycles. The molecule has 0 aromatic rings. The number of hydrogen-bond acceptors (Lipinski definition) is 15. The molecule has 0 rings (SSSR count). The van der Waals surface area contributed by atoms with Crippen LogP contribution in [0.15, 0.2) is 0 Å². The highest BCUT2D eigenvalue weighted by Crippen LogP contribution is 2.45. The Balaban J connectivity index is 5.20. The second-order valence-corrected chi connectivity index (χ2v) is 32.4. The average Bonchev–Trinajstić information content (AvgIpc) is 2.06. The van der Waals surface area contributed by atoms with Gasteiger partial charge in [-0.3, -0.25) is 37.3 Å². The van der Waals surface area contributed by atoms with E-state index in [9.17, 15) is 43.2 Å². The number of phosphoric ester groups is 2. The van der Waals surface area contributed by atoms with Crippen molar-refractivity contribution in [3.05, 3.63) is 0 Å². The monoisotopic (exact) mass is 1420 g/mol. The number of ether oxygens (including phenoxy) is 4. The van der Waals surface area contributed by atoms with Gasteiger partial charge in [0.2, 0.25) is 0 Å². The molecule has 576 valence electrons. The van der Waals surface area contributed by atoms with E-state index in [1.54, 1.807) is 0 Å². The first-order valence-corrected chi connectivity index (χ1v) is 43.3. The van der Waals surface area contributed by atoms with Crippen LogP contribution in [0.2, 0.25) is 0 Å². The predicted molar refractivity (Wildman–Crippen MR) is 395 cm³/mol. The van der Waals surface area contributed by atoms with Gasteiger partial charge in [0.1, 0.15) is 19.3 Å². The topological polar surface area (TPSA) is 237 Å². The minimum atomic E-state index is -4.96. The molecule has 17 nitrogen and oxygen atoms in total. The summed E-state index contributed by atoms with van der Waals surface area (Å²) in [5.41, 5.74) is 0. The Hall–Kier alpha value is -1.94. The molecule has 0 spiro atoms. The Bertz CT molecular complexity index is 1910. The Kier molecular flexibility index (Phi) is 65.9. The van der Waals surface area contributed by atoms with Crippen LogP contribution < -0.4 is 0 Å². The van der Waals surface area contributed by atoms with Gasteiger partial charge in [-0.15, -0.1) is 0 Å². The molecular formula is C78H152O17P2. The summed E-state index contributed by atoms with van der Waals surface area (Å²) in [5.74, 6) is 0.990. The fourth-order valence-corrected chi connectivity index (χ4v) is 13.4. The van der Waals surface area contributed by atoms with Gasteiger partial charge in [0, 0.05) is 25.7 Å². The molecule has 0 fully saturated rings. The van der Waals surface area contributed by atoms with Crippen LogP contribution in [0.4, 0.5) is 0 Å². The molecule has 0 saturated carbocycles. The molecule has 3 N–H and O–H groups in total. The Morgan fingerprint density at radius 3 is 0.732 bits per heavy atom. The number of carbonyl (C=O) groups excluding carboxylic acids is 4. The quantitative estimate of drug-likeness (QED) is 0.0222. The Morgan fingerprint density at radius 2 is 0.495 bits per heavy atom. The van der Waals surface area contributed by atoms with Crippen LogP contribution in [0.3, 0.4) is 0 Å². The van der Waals surface area contributed by atoms with Crippen LogP contribution in [0.25, 0.3) is 0 Å². The summed E-state index contributed by atoms with van der Waals surface area (Å²) in [7, 11) is -9.92. The molecule has 19 heteroatoms. The standard InChI is InChI=1S/C78H152O17P2/c1-9-70(7)56-48-40-32-23-19-17-15-13-11-12-14-16-18-20-24-36-44-52-60-77(82)94-73(65-89-76(81)59-51-43-35-29-27-33-41-49-57-71(8)10-2)66-92-96(84,85)90-62-72(79)63-91-97(86,87)93-67-74(64-88-75(80)58-50-42-34-28-26-31-39-47-55-69(5)6)95-78(83)61-53-45-37-25-21-22-30-38-46-54-68(3)4/h68-74,79H,9-67H2,1-8H3,(H,84,85)(H,86,87)/t70?,71?,72?,73-,74-/m1/s1. The maximum absolute atomic E-state index is 13.1. The van der Waals surface area contributed by atoms with Gasteiger partial charge in [-0.25, -0.2) is 9.13 Å². The largest absolute Gasteiger partial charge is 0.472 e. The molecule has 0 aliphatic heterocycles. The predicted octanol–water partition coefficient (Wildman–Crippen LogP) is 22.8. The third-order valence-electron chi connectivity index (χ3n) is 18.8. The van der Waals surface area contributed by atoms with Crippen LogP contribution >= 0.6 is 15.6 Å². The highest BCUT2D eigenvalue weighted by molar-refractivity contribution is 7.47. The summed E-state index contributed by atoms with van der Waals surface area (Å²) in [5, 5.41) is 10.6. The average molecular weight is 1420 g/mol. The second-order valence-electron chi connectivity index (χ2n) is 29.5. The Labute approximate surface area is 594 Å². The third kappa shape index (κ3) is 69.5. The first kappa shape index (κ1) is 95.1. The van der Waals surface area contributed by atoms with Crippen LogP contribution in [-0.2, 0) is 65.4 Å². The van der Waals surface area contributed by atoms with Crippen molar-refractivity contribution in [3.8, 4) is 0 Å². The smallest absolute Gasteiger partial charge is 0.462 e. The molecule has 0 aromatic carbocycles. The third-order valence-corrected chi connectivity index (χ3v) is 20.7. The van der Waals surface area contributed by atoms with Gasteiger partial charge in [-0.05, 0) is 49.4 Å². The minimum absolute atomic E-state index is 0.104. The molecule has 0 heterocycles. The van der Waals surface area contributed by atoms with Gasteiger partial charge in [-0.1, -0.05) is 344 Å². The molecule has 97 heavy (non-hydrogen) atoms. The lowest BCUT2D eigenvalue weighted by atomic mass is 9.99. The molecule has 0 radical (unpaired) electrons. The van der Waals surface area contributed by atoms with Crippen molar-refractivity contribution in [2.75, 3.05) is 39.6 Å². The van der Waals surface area contributed by atoms with Crippen LogP contribution in [-0.4, -0.2) is 96.7 Å². The molecule has 5 unspecified atom stereocenters. The highest BCUT2D eigenvalue weighted by Gasteiger charge is 2.30. The lowest BCUT2D eigenvalue weighted by Gasteiger charge is -2.21. The summed E-state index contributed by atoms with van der Waals surface area (Å²) in [4.78, 5) is 72.8. The Morgan fingerprint density at radius 1 is 0.289 bits per heavy atom. The van der Waals surface area contributed by atoms with Crippen molar-refractivity contribution >= 4 is 39.5 Å². The van der Waals surface area contributed by atoms with Crippen molar-refractivity contribution in [1.82, 2.24) is 0 Å². The first-order valence-electron chi connectivity index (χ1n) is 40.3. The fourth-order valence-electron chi connectivity index (χ4n) is 11.8. The maximum atomic E-state index is 13.1. The van der Waals surface area contributed by atoms with Crippen LogP contribution in [0.5, 0.6) is 0 Å². The van der Waals surface area contributed by atoms with Gasteiger partial charge in [0.05, 0.1) is 26.4 Å². The van der Waals surface area contributed by atoms with E-state index in [0.717, 1.165) is 114 Å². The van der Waals surface area contributed by atoms with E-state index in [0.29, 0.717) is 25.7 Å². The summed E-state index contributed by atoms with van der Waals surface area (Å²) in [6.45, 7) is 14.2. The van der Waals surface area contributed by atoms with E-state index in [1.807, 2.05) is 0 Å². The normalized spacial score (nSPS) is 14.6. The number of rotatable bonds is 75. The number of aliphatic hydroxyl groups excluding tert-OH is 1. The molecule has 7 atom stereocenters.